The summed E-state index contributed by atoms with van der Waals surface area (Å²) in [4.78, 5) is 22.6. The first-order valence-electron chi connectivity index (χ1n) is 8.81. The molecule has 126 valence electrons. The van der Waals surface area contributed by atoms with Crippen molar-refractivity contribution in [2.24, 2.45) is 5.92 Å². The number of hydrogen-bond acceptors (Lipinski definition) is 3. The lowest BCUT2D eigenvalue weighted by atomic mass is 9.94. The number of esters is 1. The monoisotopic (exact) mass is 300 g/mol. The van der Waals surface area contributed by atoms with Crippen molar-refractivity contribution in [1.29, 1.82) is 0 Å². The number of hydrogen-bond donors (Lipinski definition) is 0. The number of ketones is 1. The lowest BCUT2D eigenvalue weighted by Gasteiger charge is -2.18. The molecule has 3 nitrogen and oxygen atoms in total. The Bertz CT molecular complexity index is 249. The van der Waals surface area contributed by atoms with E-state index in [4.69, 9.17) is 4.74 Å². The Morgan fingerprint density at radius 3 is 2.19 bits per heavy atom. The van der Waals surface area contributed by atoms with E-state index >= 15 is 0 Å². The van der Waals surface area contributed by atoms with Crippen LogP contribution in [-0.4, -0.2) is 18.4 Å². The van der Waals surface area contributed by atoms with Gasteiger partial charge in [0.05, 0.1) is 13.0 Å². The molecular formula is C18H36O3. The molecule has 1 aliphatic rings. The molecule has 0 amide bonds. The van der Waals surface area contributed by atoms with Gasteiger partial charge in [0.15, 0.2) is 0 Å². The summed E-state index contributed by atoms with van der Waals surface area (Å²) in [6.45, 7) is 10.9. The minimum absolute atomic E-state index is 0.216. The second-order valence-corrected chi connectivity index (χ2v) is 5.35. The normalized spacial score (nSPS) is 18.2. The van der Waals surface area contributed by atoms with Crippen molar-refractivity contribution >= 4 is 11.8 Å². The Morgan fingerprint density at radius 2 is 1.62 bits per heavy atom. The number of carbonyl (C=O) groups excluding carboxylic acids is 2. The Kier molecular flexibility index (Phi) is 18.4. The molecule has 0 saturated carbocycles. The number of unbranched alkanes of at least 4 members (excludes halogenated alkanes) is 3. The van der Waals surface area contributed by atoms with Crippen LogP contribution in [0.25, 0.3) is 0 Å². The average molecular weight is 300 g/mol. The third kappa shape index (κ3) is 15.3. The maximum absolute atomic E-state index is 11.5. The second-order valence-electron chi connectivity index (χ2n) is 5.35. The van der Waals surface area contributed by atoms with Gasteiger partial charge < -0.3 is 4.74 Å². The van der Waals surface area contributed by atoms with Crippen molar-refractivity contribution in [3.63, 3.8) is 0 Å². The van der Waals surface area contributed by atoms with Crippen molar-refractivity contribution < 1.29 is 14.3 Å². The molecule has 1 rings (SSSR count). The minimum atomic E-state index is -0.216. The lowest BCUT2D eigenvalue weighted by Crippen LogP contribution is -2.21. The van der Waals surface area contributed by atoms with Gasteiger partial charge in [0, 0.05) is 12.8 Å². The number of cyclic esters (lactones) is 1. The molecule has 3 heteroatoms. The predicted molar refractivity (Wildman–Crippen MR) is 89.4 cm³/mol. The van der Waals surface area contributed by atoms with E-state index in [9.17, 15) is 9.59 Å². The average Bonchev–Trinajstić information content (AvgIpc) is 2.48. The van der Waals surface area contributed by atoms with Crippen LogP contribution in [-0.2, 0) is 14.3 Å². The van der Waals surface area contributed by atoms with Crippen LogP contribution < -0.4 is 0 Å². The topological polar surface area (TPSA) is 43.4 Å². The fourth-order valence-corrected chi connectivity index (χ4v) is 2.05. The molecule has 0 aromatic heterocycles. The van der Waals surface area contributed by atoms with Crippen LogP contribution in [0.5, 0.6) is 0 Å². The van der Waals surface area contributed by atoms with Gasteiger partial charge in [-0.25, -0.2) is 0 Å². The molecule has 1 fully saturated rings. The van der Waals surface area contributed by atoms with Gasteiger partial charge in [-0.15, -0.1) is 0 Å². The zero-order chi connectivity index (χ0) is 16.5. The van der Waals surface area contributed by atoms with E-state index < -0.39 is 0 Å². The summed E-state index contributed by atoms with van der Waals surface area (Å²) in [5, 5.41) is 0. The van der Waals surface area contributed by atoms with E-state index in [1.165, 1.54) is 25.7 Å². The third-order valence-corrected chi connectivity index (χ3v) is 3.07. The molecule has 1 atom stereocenters. The number of ether oxygens (including phenoxy) is 1. The first kappa shape index (κ1) is 22.4. The minimum Gasteiger partial charge on any atom is -0.465 e. The van der Waals surface area contributed by atoms with Crippen LogP contribution in [0.2, 0.25) is 0 Å². The third-order valence-electron chi connectivity index (χ3n) is 3.07. The lowest BCUT2D eigenvalue weighted by molar-refractivity contribution is -0.148. The summed E-state index contributed by atoms with van der Waals surface area (Å²) < 4.78 is 5.11. The van der Waals surface area contributed by atoms with Crippen molar-refractivity contribution in [3.05, 3.63) is 0 Å². The van der Waals surface area contributed by atoms with Gasteiger partial charge in [-0.1, -0.05) is 66.7 Å². The molecule has 1 saturated heterocycles. The summed E-state index contributed by atoms with van der Waals surface area (Å²) in [6, 6.07) is 0. The molecule has 0 aromatic rings. The molecule has 0 aliphatic carbocycles. The van der Waals surface area contributed by atoms with Crippen LogP contribution in [0.3, 0.4) is 0 Å². The Hall–Kier alpha value is -0.860. The molecule has 1 aliphatic heterocycles. The summed E-state index contributed by atoms with van der Waals surface area (Å²) in [5.41, 5.74) is 0. The molecule has 1 heterocycles. The van der Waals surface area contributed by atoms with Gasteiger partial charge in [-0.3, -0.25) is 9.59 Å². The fraction of sp³-hybridized carbons (Fsp3) is 0.889. The van der Waals surface area contributed by atoms with E-state index in [0.717, 1.165) is 12.8 Å². The van der Waals surface area contributed by atoms with Crippen LogP contribution in [0.15, 0.2) is 0 Å². The summed E-state index contributed by atoms with van der Waals surface area (Å²) >= 11 is 0. The van der Waals surface area contributed by atoms with Gasteiger partial charge in [0.2, 0.25) is 0 Å². The number of rotatable bonds is 5. The molecule has 0 unspecified atom stereocenters. The first-order valence-corrected chi connectivity index (χ1v) is 8.81. The standard InChI is InChI=1S/C13H22O3.C3H8.C2H6/c1-2-3-4-5-6-11-9-12(14)7-8-13(15)16-10-11;1-3-2;1-2/h11H,2-10H2,1H3;3H2,1-2H3;1-2H3/t11-;;/m1../s1. The summed E-state index contributed by atoms with van der Waals surface area (Å²) in [6.07, 6.45) is 8.32. The van der Waals surface area contributed by atoms with Gasteiger partial charge >= 0.3 is 5.97 Å². The fourth-order valence-electron chi connectivity index (χ4n) is 2.05. The summed E-state index contributed by atoms with van der Waals surface area (Å²) in [5.74, 6) is 0.261. The first-order chi connectivity index (χ1) is 10.1. The Balaban J connectivity index is 0. The Labute approximate surface area is 131 Å². The molecule has 0 radical (unpaired) electrons. The van der Waals surface area contributed by atoms with Gasteiger partial charge in [0.1, 0.15) is 5.78 Å². The maximum Gasteiger partial charge on any atom is 0.306 e. The van der Waals surface area contributed by atoms with E-state index in [-0.39, 0.29) is 24.1 Å². The van der Waals surface area contributed by atoms with E-state index in [0.29, 0.717) is 19.4 Å². The van der Waals surface area contributed by atoms with Crippen LogP contribution >= 0.6 is 0 Å². The van der Waals surface area contributed by atoms with Crippen molar-refractivity contribution in [2.45, 2.75) is 92.4 Å². The molecule has 0 spiro atoms. The Morgan fingerprint density at radius 1 is 1.00 bits per heavy atom. The highest BCUT2D eigenvalue weighted by Crippen LogP contribution is 2.19. The van der Waals surface area contributed by atoms with E-state index in [2.05, 4.69) is 20.8 Å². The van der Waals surface area contributed by atoms with Crippen LogP contribution in [0.4, 0.5) is 0 Å². The zero-order valence-electron chi connectivity index (χ0n) is 14.9. The molecule has 0 aromatic carbocycles. The number of Topliss-reactive ketones (excluding diaryl/α,β-unsaturated/α-hetero) is 1. The van der Waals surface area contributed by atoms with Crippen molar-refractivity contribution in [1.82, 2.24) is 0 Å². The quantitative estimate of drug-likeness (QED) is 0.510. The highest BCUT2D eigenvalue weighted by molar-refractivity contribution is 5.83. The smallest absolute Gasteiger partial charge is 0.306 e. The summed E-state index contributed by atoms with van der Waals surface area (Å²) in [7, 11) is 0. The van der Waals surface area contributed by atoms with Crippen molar-refractivity contribution in [2.75, 3.05) is 6.61 Å². The maximum atomic E-state index is 11.5. The van der Waals surface area contributed by atoms with Crippen LogP contribution in [0, 0.1) is 5.92 Å². The van der Waals surface area contributed by atoms with E-state index in [1.807, 2.05) is 13.8 Å². The van der Waals surface area contributed by atoms with Crippen molar-refractivity contribution in [3.8, 4) is 0 Å². The van der Waals surface area contributed by atoms with Gasteiger partial charge in [-0.2, -0.15) is 0 Å². The molecular weight excluding hydrogens is 264 g/mol. The predicted octanol–water partition coefficient (Wildman–Crippen LogP) is 5.31. The largest absolute Gasteiger partial charge is 0.465 e. The molecule has 0 N–H and O–H groups in total. The highest BCUT2D eigenvalue weighted by Gasteiger charge is 2.20. The highest BCUT2D eigenvalue weighted by atomic mass is 16.5. The van der Waals surface area contributed by atoms with Gasteiger partial charge in [0.25, 0.3) is 0 Å². The molecule has 21 heavy (non-hydrogen) atoms. The number of carbonyl (C=O) groups is 2. The van der Waals surface area contributed by atoms with Gasteiger partial charge in [-0.05, 0) is 12.3 Å². The molecule has 0 bridgehead atoms. The van der Waals surface area contributed by atoms with E-state index in [1.54, 1.807) is 0 Å². The zero-order valence-corrected chi connectivity index (χ0v) is 14.9. The van der Waals surface area contributed by atoms with Crippen LogP contribution in [0.1, 0.15) is 92.4 Å². The second kappa shape index (κ2) is 17.2. The SMILES string of the molecule is CC.CCC.CCCCCC[C@H]1COC(=O)CCC(=O)C1.